The summed E-state index contributed by atoms with van der Waals surface area (Å²) in [6.45, 7) is 0.717. The lowest BCUT2D eigenvalue weighted by Gasteiger charge is -2.07. The summed E-state index contributed by atoms with van der Waals surface area (Å²) < 4.78 is 0. The van der Waals surface area contributed by atoms with Crippen LogP contribution in [0.2, 0.25) is 0 Å². The van der Waals surface area contributed by atoms with E-state index in [1.165, 1.54) is 0 Å². The number of amides is 1. The molecule has 1 saturated heterocycles. The molecule has 0 radical (unpaired) electrons. The van der Waals surface area contributed by atoms with Crippen molar-refractivity contribution in [1.82, 2.24) is 5.32 Å². The number of aldehydes is 1. The number of hydrogen-bond donors (Lipinski definition) is 2. The van der Waals surface area contributed by atoms with Crippen LogP contribution >= 0.6 is 0 Å². The maximum atomic E-state index is 10.9. The fraction of sp³-hybridized carbons (Fsp3) is 0.714. The fourth-order valence-corrected chi connectivity index (χ4v) is 1.25. The molecule has 1 rings (SSSR count). The summed E-state index contributed by atoms with van der Waals surface area (Å²) in [5.74, 6) is -0.0162. The molecule has 0 aliphatic carbocycles. The van der Waals surface area contributed by atoms with Gasteiger partial charge in [-0.25, -0.2) is 0 Å². The predicted molar refractivity (Wildman–Crippen MR) is 39.8 cm³/mol. The first kappa shape index (κ1) is 8.20. The van der Waals surface area contributed by atoms with E-state index in [1.807, 2.05) is 0 Å². The second kappa shape index (κ2) is 3.48. The highest BCUT2D eigenvalue weighted by molar-refractivity contribution is 5.81. The van der Waals surface area contributed by atoms with Crippen LogP contribution in [0.4, 0.5) is 0 Å². The normalized spacial score (nSPS) is 26.3. The van der Waals surface area contributed by atoms with Crippen molar-refractivity contribution >= 4 is 12.2 Å². The first-order chi connectivity index (χ1) is 5.24. The standard InChI is InChI=1S/C7H12N2O2/c8-6(4-10)3-5-1-2-9-7(5)11/h4-6H,1-3,8H2,(H,9,11)/t5?,6-/m0/s1. The van der Waals surface area contributed by atoms with Crippen molar-refractivity contribution in [3.8, 4) is 0 Å². The average molecular weight is 156 g/mol. The summed E-state index contributed by atoms with van der Waals surface area (Å²) in [6.07, 6.45) is 1.97. The zero-order chi connectivity index (χ0) is 8.27. The molecule has 4 nitrogen and oxygen atoms in total. The van der Waals surface area contributed by atoms with Crippen LogP contribution < -0.4 is 11.1 Å². The first-order valence-corrected chi connectivity index (χ1v) is 3.72. The molecule has 1 aliphatic heterocycles. The highest BCUT2D eigenvalue weighted by atomic mass is 16.2. The first-order valence-electron chi connectivity index (χ1n) is 3.72. The Labute approximate surface area is 65.1 Å². The Bertz CT molecular complexity index is 170. The van der Waals surface area contributed by atoms with E-state index in [-0.39, 0.29) is 11.8 Å². The summed E-state index contributed by atoms with van der Waals surface area (Å²) in [6, 6.07) is -0.483. The van der Waals surface area contributed by atoms with Gasteiger partial charge in [0.25, 0.3) is 0 Å². The van der Waals surface area contributed by atoms with Crippen molar-refractivity contribution in [3.63, 3.8) is 0 Å². The molecule has 2 atom stereocenters. The Morgan fingerprint density at radius 3 is 3.00 bits per heavy atom. The molecule has 0 aromatic carbocycles. The number of nitrogens with one attached hydrogen (secondary N) is 1. The third-order valence-corrected chi connectivity index (χ3v) is 1.89. The van der Waals surface area contributed by atoms with Gasteiger partial charge in [0.2, 0.25) is 5.91 Å². The summed E-state index contributed by atoms with van der Waals surface area (Å²) in [5, 5.41) is 2.69. The molecule has 0 saturated carbocycles. The molecule has 1 fully saturated rings. The summed E-state index contributed by atoms with van der Waals surface area (Å²) >= 11 is 0. The Morgan fingerprint density at radius 1 is 1.82 bits per heavy atom. The molecule has 1 aliphatic rings. The molecule has 0 bridgehead atoms. The van der Waals surface area contributed by atoms with Crippen molar-refractivity contribution in [2.24, 2.45) is 11.7 Å². The van der Waals surface area contributed by atoms with Crippen LogP contribution in [0.5, 0.6) is 0 Å². The third kappa shape index (κ3) is 2.01. The number of carbonyl (C=O) groups excluding carboxylic acids is 2. The van der Waals surface area contributed by atoms with Gasteiger partial charge in [0, 0.05) is 12.5 Å². The van der Waals surface area contributed by atoms with Crippen LogP contribution in [-0.2, 0) is 9.59 Å². The predicted octanol–water partition coefficient (Wildman–Crippen LogP) is -0.961. The Balaban J connectivity index is 2.36. The van der Waals surface area contributed by atoms with E-state index in [0.717, 1.165) is 13.0 Å². The summed E-state index contributed by atoms with van der Waals surface area (Å²) in [4.78, 5) is 21.1. The van der Waals surface area contributed by atoms with Gasteiger partial charge in [-0.05, 0) is 12.8 Å². The molecule has 11 heavy (non-hydrogen) atoms. The third-order valence-electron chi connectivity index (χ3n) is 1.89. The molecular formula is C7H12N2O2. The number of rotatable bonds is 3. The minimum atomic E-state index is -0.483. The van der Waals surface area contributed by atoms with Gasteiger partial charge in [0.05, 0.1) is 6.04 Å². The van der Waals surface area contributed by atoms with Crippen LogP contribution in [0.3, 0.4) is 0 Å². The lowest BCUT2D eigenvalue weighted by atomic mass is 10.00. The van der Waals surface area contributed by atoms with Gasteiger partial charge in [0.15, 0.2) is 0 Å². The average Bonchev–Trinajstić information content (AvgIpc) is 2.37. The minimum absolute atomic E-state index is 0.0299. The topological polar surface area (TPSA) is 72.2 Å². The number of carbonyl (C=O) groups is 2. The molecule has 0 aromatic heterocycles. The molecule has 0 spiro atoms. The smallest absolute Gasteiger partial charge is 0.223 e. The van der Waals surface area contributed by atoms with Crippen molar-refractivity contribution in [1.29, 1.82) is 0 Å². The second-order valence-corrected chi connectivity index (χ2v) is 2.81. The molecule has 3 N–H and O–H groups in total. The number of hydrogen-bond acceptors (Lipinski definition) is 3. The number of nitrogens with two attached hydrogens (primary N) is 1. The van der Waals surface area contributed by atoms with E-state index in [4.69, 9.17) is 5.73 Å². The second-order valence-electron chi connectivity index (χ2n) is 2.81. The monoisotopic (exact) mass is 156 g/mol. The van der Waals surface area contributed by atoms with E-state index in [9.17, 15) is 9.59 Å². The van der Waals surface area contributed by atoms with Crippen molar-refractivity contribution < 1.29 is 9.59 Å². The quantitative estimate of drug-likeness (QED) is 0.517. The van der Waals surface area contributed by atoms with Gasteiger partial charge < -0.3 is 15.8 Å². The largest absolute Gasteiger partial charge is 0.356 e. The maximum absolute atomic E-state index is 10.9. The minimum Gasteiger partial charge on any atom is -0.356 e. The molecule has 0 aromatic rings. The van der Waals surface area contributed by atoms with Crippen LogP contribution in [0, 0.1) is 5.92 Å². The van der Waals surface area contributed by atoms with Crippen molar-refractivity contribution in [2.75, 3.05) is 6.54 Å². The van der Waals surface area contributed by atoms with Gasteiger partial charge in [0.1, 0.15) is 6.29 Å². The van der Waals surface area contributed by atoms with Crippen LogP contribution in [0.1, 0.15) is 12.8 Å². The van der Waals surface area contributed by atoms with Gasteiger partial charge in [-0.3, -0.25) is 4.79 Å². The summed E-state index contributed by atoms with van der Waals surface area (Å²) in [7, 11) is 0. The highest BCUT2D eigenvalue weighted by Crippen LogP contribution is 2.14. The van der Waals surface area contributed by atoms with Crippen LogP contribution in [-0.4, -0.2) is 24.8 Å². The Morgan fingerprint density at radius 2 is 2.55 bits per heavy atom. The zero-order valence-electron chi connectivity index (χ0n) is 6.25. The van der Waals surface area contributed by atoms with E-state index in [1.54, 1.807) is 0 Å². The van der Waals surface area contributed by atoms with E-state index in [0.29, 0.717) is 12.7 Å². The molecule has 1 heterocycles. The van der Waals surface area contributed by atoms with Gasteiger partial charge >= 0.3 is 0 Å². The molecule has 4 heteroatoms. The lowest BCUT2D eigenvalue weighted by Crippen LogP contribution is -2.28. The van der Waals surface area contributed by atoms with Gasteiger partial charge in [-0.2, -0.15) is 0 Å². The van der Waals surface area contributed by atoms with E-state index >= 15 is 0 Å². The summed E-state index contributed by atoms with van der Waals surface area (Å²) in [5.41, 5.74) is 5.37. The Hall–Kier alpha value is -0.900. The van der Waals surface area contributed by atoms with Gasteiger partial charge in [-0.1, -0.05) is 0 Å². The van der Waals surface area contributed by atoms with E-state index in [2.05, 4.69) is 5.32 Å². The maximum Gasteiger partial charge on any atom is 0.223 e. The molecule has 1 amide bonds. The van der Waals surface area contributed by atoms with Crippen LogP contribution in [0.15, 0.2) is 0 Å². The fourth-order valence-electron chi connectivity index (χ4n) is 1.25. The molecule has 1 unspecified atom stereocenters. The highest BCUT2D eigenvalue weighted by Gasteiger charge is 2.25. The zero-order valence-corrected chi connectivity index (χ0v) is 6.25. The SMILES string of the molecule is N[C@H](C=O)CC1CCNC1=O. The molecular weight excluding hydrogens is 144 g/mol. The van der Waals surface area contributed by atoms with Crippen molar-refractivity contribution in [3.05, 3.63) is 0 Å². The van der Waals surface area contributed by atoms with Crippen molar-refractivity contribution in [2.45, 2.75) is 18.9 Å². The van der Waals surface area contributed by atoms with Gasteiger partial charge in [-0.15, -0.1) is 0 Å². The van der Waals surface area contributed by atoms with E-state index < -0.39 is 6.04 Å². The van der Waals surface area contributed by atoms with Crippen LogP contribution in [0.25, 0.3) is 0 Å². The Kier molecular flexibility index (Phi) is 2.59. The lowest BCUT2D eigenvalue weighted by molar-refractivity contribution is -0.122. The molecule has 62 valence electrons.